The summed E-state index contributed by atoms with van der Waals surface area (Å²) in [4.78, 5) is 0. The Morgan fingerprint density at radius 2 is 2.06 bits per heavy atom. The van der Waals surface area contributed by atoms with Gasteiger partial charge in [0.25, 0.3) is 0 Å². The molecular weight excluding hydrogens is 200 g/mol. The molecule has 0 fully saturated rings. The van der Waals surface area contributed by atoms with Crippen LogP contribution in [0.2, 0.25) is 0 Å². The van der Waals surface area contributed by atoms with Crippen molar-refractivity contribution in [3.05, 3.63) is 18.0 Å². The van der Waals surface area contributed by atoms with Gasteiger partial charge in [-0.1, -0.05) is 26.7 Å². The molecule has 0 radical (unpaired) electrons. The first-order valence-corrected chi connectivity index (χ1v) is 6.22. The fraction of sp³-hybridized carbons (Fsp3) is 0.750. The van der Waals surface area contributed by atoms with Gasteiger partial charge in [0.15, 0.2) is 0 Å². The van der Waals surface area contributed by atoms with Crippen LogP contribution in [-0.4, -0.2) is 15.8 Å². The first kappa shape index (κ1) is 13.2. The molecule has 0 aliphatic rings. The van der Waals surface area contributed by atoms with E-state index in [0.717, 1.165) is 25.8 Å². The average molecular weight is 224 g/mol. The second-order valence-electron chi connectivity index (χ2n) is 4.26. The molecule has 1 unspecified atom stereocenters. The van der Waals surface area contributed by atoms with E-state index in [1.165, 1.54) is 5.56 Å². The molecule has 1 aromatic heterocycles. The molecule has 0 aliphatic heterocycles. The lowest BCUT2D eigenvalue weighted by Gasteiger charge is -2.23. The second-order valence-corrected chi connectivity index (χ2v) is 4.26. The summed E-state index contributed by atoms with van der Waals surface area (Å²) >= 11 is 0. The van der Waals surface area contributed by atoms with Crippen LogP contribution in [0.3, 0.4) is 0 Å². The number of rotatable bonds is 7. The lowest BCUT2D eigenvalue weighted by molar-refractivity contribution is 0.335. The van der Waals surface area contributed by atoms with Gasteiger partial charge in [-0.15, -0.1) is 0 Å². The minimum absolute atomic E-state index is 0.351. The average Bonchev–Trinajstić information content (AvgIpc) is 2.77. The molecule has 16 heavy (non-hydrogen) atoms. The summed E-state index contributed by atoms with van der Waals surface area (Å²) in [5, 5.41) is 4.28. The van der Waals surface area contributed by atoms with Gasteiger partial charge in [0, 0.05) is 18.8 Å². The maximum Gasteiger partial charge on any atom is 0.0522 e. The lowest BCUT2D eigenvalue weighted by atomic mass is 9.91. The molecule has 1 atom stereocenters. The van der Waals surface area contributed by atoms with Crippen LogP contribution < -0.4 is 11.3 Å². The van der Waals surface area contributed by atoms with E-state index < -0.39 is 0 Å². The third-order valence-electron chi connectivity index (χ3n) is 3.30. The van der Waals surface area contributed by atoms with Crippen LogP contribution >= 0.6 is 0 Å². The number of nitrogens with two attached hydrogens (primary N) is 1. The number of hydrazine groups is 1. The Bertz CT molecular complexity index is 291. The second kappa shape index (κ2) is 6.66. The standard InChI is InChI=1S/C12H24N4/c1-4-11(5-2)12(15-13)7-10-8-14-16(6-3)9-10/h8-9,11-12,15H,4-7,13H2,1-3H3. The van der Waals surface area contributed by atoms with Crippen LogP contribution in [0.5, 0.6) is 0 Å². The van der Waals surface area contributed by atoms with Crippen molar-refractivity contribution in [1.29, 1.82) is 0 Å². The van der Waals surface area contributed by atoms with E-state index in [0.29, 0.717) is 12.0 Å². The zero-order valence-electron chi connectivity index (χ0n) is 10.6. The highest BCUT2D eigenvalue weighted by atomic mass is 15.3. The predicted molar refractivity (Wildman–Crippen MR) is 66.8 cm³/mol. The van der Waals surface area contributed by atoms with Crippen molar-refractivity contribution in [2.75, 3.05) is 0 Å². The van der Waals surface area contributed by atoms with E-state index in [-0.39, 0.29) is 0 Å². The molecule has 0 saturated carbocycles. The Balaban J connectivity index is 2.61. The van der Waals surface area contributed by atoms with E-state index in [9.17, 15) is 0 Å². The van der Waals surface area contributed by atoms with Crippen molar-refractivity contribution in [3.8, 4) is 0 Å². The van der Waals surface area contributed by atoms with Crippen LogP contribution in [-0.2, 0) is 13.0 Å². The monoisotopic (exact) mass is 224 g/mol. The van der Waals surface area contributed by atoms with E-state index in [4.69, 9.17) is 5.84 Å². The van der Waals surface area contributed by atoms with Gasteiger partial charge in [-0.2, -0.15) is 5.10 Å². The van der Waals surface area contributed by atoms with Gasteiger partial charge in [-0.3, -0.25) is 16.0 Å². The van der Waals surface area contributed by atoms with Crippen LogP contribution in [0.25, 0.3) is 0 Å². The fourth-order valence-corrected chi connectivity index (χ4v) is 2.16. The molecular formula is C12H24N4. The van der Waals surface area contributed by atoms with Crippen molar-refractivity contribution < 1.29 is 0 Å². The van der Waals surface area contributed by atoms with Crippen LogP contribution in [0, 0.1) is 5.92 Å². The molecule has 4 nitrogen and oxygen atoms in total. The molecule has 1 aromatic rings. The quantitative estimate of drug-likeness (QED) is 0.547. The van der Waals surface area contributed by atoms with Crippen molar-refractivity contribution in [1.82, 2.24) is 15.2 Å². The fourth-order valence-electron chi connectivity index (χ4n) is 2.16. The van der Waals surface area contributed by atoms with Gasteiger partial charge >= 0.3 is 0 Å². The highest BCUT2D eigenvalue weighted by Gasteiger charge is 2.17. The maximum atomic E-state index is 5.63. The Labute approximate surface area is 98.2 Å². The molecule has 0 spiro atoms. The zero-order chi connectivity index (χ0) is 12.0. The molecule has 3 N–H and O–H groups in total. The molecule has 1 rings (SSSR count). The third-order valence-corrected chi connectivity index (χ3v) is 3.30. The minimum Gasteiger partial charge on any atom is -0.273 e. The Kier molecular flexibility index (Phi) is 5.49. The molecule has 4 heteroatoms. The molecule has 0 aromatic carbocycles. The zero-order valence-corrected chi connectivity index (χ0v) is 10.6. The Hall–Kier alpha value is -0.870. The van der Waals surface area contributed by atoms with Gasteiger partial charge in [0.2, 0.25) is 0 Å². The number of aryl methyl sites for hydroxylation is 1. The summed E-state index contributed by atoms with van der Waals surface area (Å²) in [6, 6.07) is 0.351. The molecule has 0 amide bonds. The molecule has 1 heterocycles. The van der Waals surface area contributed by atoms with Gasteiger partial charge in [0.05, 0.1) is 6.20 Å². The van der Waals surface area contributed by atoms with Gasteiger partial charge < -0.3 is 0 Å². The summed E-state index contributed by atoms with van der Waals surface area (Å²) < 4.78 is 1.95. The minimum atomic E-state index is 0.351. The van der Waals surface area contributed by atoms with E-state index in [1.807, 2.05) is 10.9 Å². The highest BCUT2D eigenvalue weighted by Crippen LogP contribution is 2.16. The Morgan fingerprint density at radius 3 is 2.50 bits per heavy atom. The molecule has 92 valence electrons. The van der Waals surface area contributed by atoms with Crippen molar-refractivity contribution in [2.45, 2.75) is 52.6 Å². The SMILES string of the molecule is CCC(CC)C(Cc1cnn(CC)c1)NN. The molecule has 0 bridgehead atoms. The summed E-state index contributed by atoms with van der Waals surface area (Å²) in [5.74, 6) is 6.27. The van der Waals surface area contributed by atoms with Crippen LogP contribution in [0.15, 0.2) is 12.4 Å². The topological polar surface area (TPSA) is 55.9 Å². The van der Waals surface area contributed by atoms with E-state index in [1.54, 1.807) is 0 Å². The predicted octanol–water partition coefficient (Wildman–Crippen LogP) is 1.71. The van der Waals surface area contributed by atoms with Crippen molar-refractivity contribution in [3.63, 3.8) is 0 Å². The van der Waals surface area contributed by atoms with Crippen molar-refractivity contribution >= 4 is 0 Å². The van der Waals surface area contributed by atoms with E-state index >= 15 is 0 Å². The first-order valence-electron chi connectivity index (χ1n) is 6.22. The molecule has 0 aliphatic carbocycles. The largest absolute Gasteiger partial charge is 0.273 e. The number of aromatic nitrogens is 2. The summed E-state index contributed by atoms with van der Waals surface area (Å²) in [6.45, 7) is 7.45. The number of nitrogens with one attached hydrogen (secondary N) is 1. The summed E-state index contributed by atoms with van der Waals surface area (Å²) in [5.41, 5.74) is 4.20. The Morgan fingerprint density at radius 1 is 1.38 bits per heavy atom. The number of nitrogens with zero attached hydrogens (tertiary/aromatic N) is 2. The lowest BCUT2D eigenvalue weighted by Crippen LogP contribution is -2.42. The molecule has 0 saturated heterocycles. The number of hydrogen-bond donors (Lipinski definition) is 2. The first-order chi connectivity index (χ1) is 7.74. The maximum absolute atomic E-state index is 5.63. The van der Waals surface area contributed by atoms with E-state index in [2.05, 4.69) is 37.5 Å². The van der Waals surface area contributed by atoms with Gasteiger partial charge in [0.1, 0.15) is 0 Å². The summed E-state index contributed by atoms with van der Waals surface area (Å²) in [7, 11) is 0. The van der Waals surface area contributed by atoms with Crippen molar-refractivity contribution in [2.24, 2.45) is 11.8 Å². The number of hydrogen-bond acceptors (Lipinski definition) is 3. The smallest absolute Gasteiger partial charge is 0.0522 e. The van der Waals surface area contributed by atoms with Gasteiger partial charge in [-0.05, 0) is 24.8 Å². The van der Waals surface area contributed by atoms with Gasteiger partial charge in [-0.25, -0.2) is 0 Å². The van der Waals surface area contributed by atoms with Crippen LogP contribution in [0.4, 0.5) is 0 Å². The van der Waals surface area contributed by atoms with Crippen LogP contribution in [0.1, 0.15) is 39.2 Å². The summed E-state index contributed by atoms with van der Waals surface area (Å²) in [6.07, 6.45) is 7.33. The third kappa shape index (κ3) is 3.32. The normalized spacial score (nSPS) is 13.3. The highest BCUT2D eigenvalue weighted by molar-refractivity contribution is 5.06.